The lowest BCUT2D eigenvalue weighted by atomic mass is 10.1. The molecule has 0 saturated carbocycles. The van der Waals surface area contributed by atoms with Gasteiger partial charge in [0.25, 0.3) is 5.91 Å². The van der Waals surface area contributed by atoms with E-state index >= 15 is 0 Å². The molecule has 1 amide bonds. The van der Waals surface area contributed by atoms with Crippen LogP contribution in [0.4, 0.5) is 11.6 Å². The third-order valence-electron chi connectivity index (χ3n) is 6.86. The Morgan fingerprint density at radius 1 is 0.897 bits per heavy atom. The molecule has 0 aliphatic heterocycles. The minimum atomic E-state index is -0.419. The molecule has 0 bridgehead atoms. The van der Waals surface area contributed by atoms with Gasteiger partial charge in [-0.25, -0.2) is 9.97 Å². The van der Waals surface area contributed by atoms with E-state index in [2.05, 4.69) is 46.6 Å². The Balaban J connectivity index is 1.64. The number of aromatic nitrogens is 2. The first-order chi connectivity index (χ1) is 18.6. The number of hydrogen-bond acceptors (Lipinski definition) is 7. The van der Waals surface area contributed by atoms with Gasteiger partial charge in [0.1, 0.15) is 11.5 Å². The highest BCUT2D eigenvalue weighted by Gasteiger charge is 2.26. The van der Waals surface area contributed by atoms with Crippen molar-refractivity contribution in [3.8, 4) is 11.5 Å². The number of amides is 1. The summed E-state index contributed by atoms with van der Waals surface area (Å²) in [6, 6.07) is 16.3. The highest BCUT2D eigenvalue weighted by Crippen LogP contribution is 2.19. The van der Waals surface area contributed by atoms with Crippen LogP contribution in [-0.4, -0.2) is 67.3 Å². The summed E-state index contributed by atoms with van der Waals surface area (Å²) < 4.78 is 11.4. The van der Waals surface area contributed by atoms with Crippen LogP contribution in [0.2, 0.25) is 5.15 Å². The molecule has 0 aliphatic carbocycles. The maximum absolute atomic E-state index is 12.9. The first kappa shape index (κ1) is 30.0. The van der Waals surface area contributed by atoms with Crippen LogP contribution < -0.4 is 26.3 Å². The van der Waals surface area contributed by atoms with E-state index in [0.717, 1.165) is 61.3 Å². The van der Waals surface area contributed by atoms with Gasteiger partial charge in [-0.2, -0.15) is 0 Å². The number of rotatable bonds is 14. The topological polar surface area (TPSA) is 125 Å². The van der Waals surface area contributed by atoms with Crippen molar-refractivity contribution in [2.24, 2.45) is 0 Å². The number of carbonyl (C=O) groups excluding carboxylic acids is 1. The fraction of sp³-hybridized carbons (Fsp3) is 0.414. The van der Waals surface area contributed by atoms with Crippen molar-refractivity contribution in [1.29, 1.82) is 0 Å². The fourth-order valence-corrected chi connectivity index (χ4v) is 4.94. The van der Waals surface area contributed by atoms with E-state index in [1.54, 1.807) is 14.2 Å². The number of ether oxygens (including phenoxy) is 2. The Hall–Kier alpha value is -3.56. The molecule has 0 saturated heterocycles. The van der Waals surface area contributed by atoms with E-state index < -0.39 is 5.91 Å². The number of hydrogen-bond donors (Lipinski definition) is 3. The lowest BCUT2D eigenvalue weighted by molar-refractivity contribution is -0.910. The summed E-state index contributed by atoms with van der Waals surface area (Å²) in [7, 11) is 5.60. The monoisotopic (exact) mass is 555 g/mol. The summed E-state index contributed by atoms with van der Waals surface area (Å²) in [5, 5.41) is 2.97. The van der Waals surface area contributed by atoms with Crippen LogP contribution in [0.25, 0.3) is 0 Å². The van der Waals surface area contributed by atoms with Crippen molar-refractivity contribution < 1.29 is 18.8 Å². The highest BCUT2D eigenvalue weighted by atomic mass is 35.5. The van der Waals surface area contributed by atoms with Crippen LogP contribution in [0.3, 0.4) is 0 Å². The standard InChI is InChI=1S/C29H39ClN6O3/c1-20(33-29(37)25-27(31)35-28(32)26(30)34-25)19-36(2,17-5-7-21-9-13-23(38-3)14-10-21)18-6-8-22-11-15-24(39-4)16-12-22/h9-16,20H,5-8,17-19H2,1-4H3,(H4-,31,32,33,35,37)/p+1/t20-/m0/s1. The van der Waals surface area contributed by atoms with Crippen molar-refractivity contribution in [2.75, 3.05) is 52.4 Å². The van der Waals surface area contributed by atoms with Crippen molar-refractivity contribution in [3.05, 3.63) is 70.5 Å². The summed E-state index contributed by atoms with van der Waals surface area (Å²) in [6.07, 6.45) is 3.95. The number of quaternary nitrogens is 1. The van der Waals surface area contributed by atoms with Gasteiger partial charge in [0.05, 0.1) is 46.9 Å². The number of carbonyl (C=O) groups is 1. The van der Waals surface area contributed by atoms with Crippen molar-refractivity contribution >= 4 is 29.1 Å². The normalized spacial score (nSPS) is 12.1. The van der Waals surface area contributed by atoms with E-state index in [0.29, 0.717) is 0 Å². The van der Waals surface area contributed by atoms with Crippen LogP contribution >= 0.6 is 11.6 Å². The van der Waals surface area contributed by atoms with E-state index in [-0.39, 0.29) is 28.5 Å². The number of nitrogens with zero attached hydrogens (tertiary/aromatic N) is 3. The summed E-state index contributed by atoms with van der Waals surface area (Å²) in [6.45, 7) is 4.66. The minimum Gasteiger partial charge on any atom is -0.497 e. The Morgan fingerprint density at radius 3 is 1.85 bits per heavy atom. The second-order valence-corrected chi connectivity index (χ2v) is 10.5. The smallest absolute Gasteiger partial charge is 0.274 e. The number of nitrogens with two attached hydrogens (primary N) is 2. The molecule has 3 aromatic rings. The van der Waals surface area contributed by atoms with Crippen molar-refractivity contribution in [3.63, 3.8) is 0 Å². The maximum Gasteiger partial charge on any atom is 0.274 e. The van der Waals surface area contributed by atoms with Gasteiger partial charge >= 0.3 is 0 Å². The predicted molar refractivity (Wildman–Crippen MR) is 156 cm³/mol. The van der Waals surface area contributed by atoms with Crippen molar-refractivity contribution in [2.45, 2.75) is 38.6 Å². The number of benzene rings is 2. The number of likely N-dealkylation sites (N-methyl/N-ethyl adjacent to an activating group) is 1. The largest absolute Gasteiger partial charge is 0.497 e. The summed E-state index contributed by atoms with van der Waals surface area (Å²) in [4.78, 5) is 20.9. The number of anilines is 2. The third kappa shape index (κ3) is 9.01. The molecule has 1 atom stereocenters. The van der Waals surface area contributed by atoms with E-state index in [1.807, 2.05) is 31.2 Å². The van der Waals surface area contributed by atoms with Gasteiger partial charge in [0, 0.05) is 12.8 Å². The van der Waals surface area contributed by atoms with Gasteiger partial charge in [-0.15, -0.1) is 0 Å². The quantitative estimate of drug-likeness (QED) is 0.255. The molecule has 39 heavy (non-hydrogen) atoms. The van der Waals surface area contributed by atoms with Gasteiger partial charge in [0.2, 0.25) is 0 Å². The Bertz CT molecular complexity index is 1170. The number of nitrogens with one attached hydrogen (secondary N) is 1. The number of aryl methyl sites for hydroxylation is 2. The molecular formula is C29H40ClN6O3+. The molecule has 5 N–H and O–H groups in total. The van der Waals surface area contributed by atoms with E-state index in [9.17, 15) is 4.79 Å². The minimum absolute atomic E-state index is 0.00303. The summed E-state index contributed by atoms with van der Waals surface area (Å²) in [5.41, 5.74) is 14.1. The fourth-order valence-electron chi connectivity index (χ4n) is 4.82. The second-order valence-electron chi connectivity index (χ2n) is 10.2. The SMILES string of the molecule is COc1ccc(CCC[N+](C)(CCCc2ccc(OC)cc2)C[C@H](C)NC(=O)c2nc(Cl)c(N)nc2N)cc1. The average Bonchev–Trinajstić information content (AvgIpc) is 2.91. The van der Waals surface area contributed by atoms with Crippen LogP contribution in [0.1, 0.15) is 41.4 Å². The average molecular weight is 556 g/mol. The molecule has 10 heteroatoms. The molecule has 1 aromatic heterocycles. The molecule has 9 nitrogen and oxygen atoms in total. The zero-order valence-electron chi connectivity index (χ0n) is 23.2. The van der Waals surface area contributed by atoms with Crippen LogP contribution in [0.5, 0.6) is 11.5 Å². The zero-order valence-corrected chi connectivity index (χ0v) is 24.0. The zero-order chi connectivity index (χ0) is 28.4. The summed E-state index contributed by atoms with van der Waals surface area (Å²) >= 11 is 5.97. The Kier molecular flexibility index (Phi) is 10.8. The van der Waals surface area contributed by atoms with Crippen LogP contribution in [0.15, 0.2) is 48.5 Å². The molecular weight excluding hydrogens is 516 g/mol. The Labute approximate surface area is 236 Å². The third-order valence-corrected chi connectivity index (χ3v) is 7.14. The van der Waals surface area contributed by atoms with Crippen LogP contribution in [0, 0.1) is 0 Å². The maximum atomic E-state index is 12.9. The number of nitrogen functional groups attached to an aromatic ring is 2. The predicted octanol–water partition coefficient (Wildman–Crippen LogP) is 4.14. The highest BCUT2D eigenvalue weighted by molar-refractivity contribution is 6.31. The van der Waals surface area contributed by atoms with E-state index in [1.165, 1.54) is 11.1 Å². The number of halogens is 1. The Morgan fingerprint density at radius 2 is 1.38 bits per heavy atom. The second kappa shape index (κ2) is 14.0. The van der Waals surface area contributed by atoms with Crippen LogP contribution in [-0.2, 0) is 12.8 Å². The van der Waals surface area contributed by atoms with Crippen molar-refractivity contribution in [1.82, 2.24) is 15.3 Å². The first-order valence-corrected chi connectivity index (χ1v) is 13.5. The molecule has 3 rings (SSSR count). The molecule has 0 fully saturated rings. The summed E-state index contributed by atoms with van der Waals surface area (Å²) in [5.74, 6) is 1.25. The molecule has 210 valence electrons. The first-order valence-electron chi connectivity index (χ1n) is 13.1. The molecule has 0 radical (unpaired) electrons. The van der Waals surface area contributed by atoms with Gasteiger partial charge in [-0.1, -0.05) is 35.9 Å². The molecule has 0 unspecified atom stereocenters. The van der Waals surface area contributed by atoms with Gasteiger partial charge < -0.3 is 30.7 Å². The van der Waals surface area contributed by atoms with Gasteiger partial charge in [0.15, 0.2) is 22.5 Å². The number of methoxy groups -OCH3 is 2. The van der Waals surface area contributed by atoms with Gasteiger partial charge in [-0.3, -0.25) is 4.79 Å². The lowest BCUT2D eigenvalue weighted by Crippen LogP contribution is -2.53. The molecule has 2 aromatic carbocycles. The van der Waals surface area contributed by atoms with E-state index in [4.69, 9.17) is 32.5 Å². The molecule has 0 spiro atoms. The molecule has 1 heterocycles. The van der Waals surface area contributed by atoms with Gasteiger partial charge in [-0.05, 0) is 55.2 Å². The lowest BCUT2D eigenvalue weighted by Gasteiger charge is -2.37. The molecule has 0 aliphatic rings.